The van der Waals surface area contributed by atoms with Crippen molar-refractivity contribution in [2.75, 3.05) is 24.4 Å². The zero-order valence-corrected chi connectivity index (χ0v) is 16.6. The number of benzene rings is 2. The van der Waals surface area contributed by atoms with E-state index in [4.69, 9.17) is 21.1 Å². The molecule has 0 atom stereocenters. The average Bonchev–Trinajstić information content (AvgIpc) is 3.15. The van der Waals surface area contributed by atoms with Crippen LogP contribution in [-0.2, 0) is 6.61 Å². The minimum absolute atomic E-state index is 0.149. The van der Waals surface area contributed by atoms with Crippen molar-refractivity contribution in [3.05, 3.63) is 64.9 Å². The molecule has 0 spiro atoms. The number of hydrogen-bond acceptors (Lipinski definition) is 6. The number of rotatable bonds is 5. The standard InChI is InChI=1S/C19H17ClN4O3S/c1-26-15-6-2-4-13(10-15)18(25)23-8-9-28-19-22-21-17(24(19)23)12-27-16-7-3-5-14(20)11-16/h2-7,10-11H,8-9,12H2,1H3. The van der Waals surface area contributed by atoms with Crippen molar-refractivity contribution in [1.82, 2.24) is 14.9 Å². The maximum Gasteiger partial charge on any atom is 0.272 e. The lowest BCUT2D eigenvalue weighted by atomic mass is 10.2. The topological polar surface area (TPSA) is 69.5 Å². The molecule has 0 aliphatic carbocycles. The quantitative estimate of drug-likeness (QED) is 0.635. The molecule has 2 heterocycles. The Kier molecular flexibility index (Phi) is 5.40. The predicted molar refractivity (Wildman–Crippen MR) is 107 cm³/mol. The molecule has 28 heavy (non-hydrogen) atoms. The number of aromatic nitrogens is 3. The van der Waals surface area contributed by atoms with Crippen LogP contribution < -0.4 is 14.5 Å². The summed E-state index contributed by atoms with van der Waals surface area (Å²) in [5.74, 6) is 2.38. The molecule has 0 N–H and O–H groups in total. The highest BCUT2D eigenvalue weighted by atomic mass is 35.5. The van der Waals surface area contributed by atoms with Crippen LogP contribution in [0.3, 0.4) is 0 Å². The number of hydrogen-bond donors (Lipinski definition) is 0. The van der Waals surface area contributed by atoms with Crippen LogP contribution >= 0.6 is 23.4 Å². The molecular weight excluding hydrogens is 400 g/mol. The van der Waals surface area contributed by atoms with E-state index in [1.165, 1.54) is 0 Å². The molecule has 0 saturated heterocycles. The van der Waals surface area contributed by atoms with Crippen LogP contribution in [0, 0.1) is 0 Å². The summed E-state index contributed by atoms with van der Waals surface area (Å²) in [6.07, 6.45) is 0. The zero-order chi connectivity index (χ0) is 19.5. The summed E-state index contributed by atoms with van der Waals surface area (Å²) in [6, 6.07) is 14.2. The summed E-state index contributed by atoms with van der Waals surface area (Å²) < 4.78 is 12.7. The summed E-state index contributed by atoms with van der Waals surface area (Å²) in [6.45, 7) is 0.700. The summed E-state index contributed by atoms with van der Waals surface area (Å²) in [4.78, 5) is 13.1. The van der Waals surface area contributed by atoms with Gasteiger partial charge < -0.3 is 9.47 Å². The highest BCUT2D eigenvalue weighted by Gasteiger charge is 2.28. The number of thioether (sulfide) groups is 1. The Balaban J connectivity index is 1.59. The van der Waals surface area contributed by atoms with Crippen molar-refractivity contribution in [1.29, 1.82) is 0 Å². The summed E-state index contributed by atoms with van der Waals surface area (Å²) in [5.41, 5.74) is 0.535. The molecule has 3 aromatic rings. The Morgan fingerprint density at radius 2 is 2.00 bits per heavy atom. The fourth-order valence-electron chi connectivity index (χ4n) is 2.84. The van der Waals surface area contributed by atoms with Crippen LogP contribution in [0.2, 0.25) is 5.02 Å². The first kappa shape index (κ1) is 18.6. The third-order valence-electron chi connectivity index (χ3n) is 4.17. The first-order valence-corrected chi connectivity index (χ1v) is 9.94. The van der Waals surface area contributed by atoms with Gasteiger partial charge in [0.25, 0.3) is 5.91 Å². The largest absolute Gasteiger partial charge is 0.497 e. The van der Waals surface area contributed by atoms with Gasteiger partial charge in [0.1, 0.15) is 18.1 Å². The SMILES string of the molecule is COc1cccc(C(=O)N2CCSc3nnc(COc4cccc(Cl)c4)n32)c1. The number of halogens is 1. The van der Waals surface area contributed by atoms with Crippen LogP contribution in [0.5, 0.6) is 11.5 Å². The fourth-order valence-corrected chi connectivity index (χ4v) is 3.90. The Morgan fingerprint density at radius 3 is 2.82 bits per heavy atom. The minimum atomic E-state index is -0.149. The minimum Gasteiger partial charge on any atom is -0.497 e. The van der Waals surface area contributed by atoms with Gasteiger partial charge in [-0.2, -0.15) is 0 Å². The number of methoxy groups -OCH3 is 1. The number of carbonyl (C=O) groups is 1. The number of carbonyl (C=O) groups excluding carboxylic acids is 1. The van der Waals surface area contributed by atoms with Gasteiger partial charge in [-0.25, -0.2) is 9.69 Å². The molecule has 0 radical (unpaired) electrons. The molecule has 0 fully saturated rings. The molecule has 0 bridgehead atoms. The van der Waals surface area contributed by atoms with Crippen LogP contribution in [0.25, 0.3) is 0 Å². The zero-order valence-electron chi connectivity index (χ0n) is 15.0. The lowest BCUT2D eigenvalue weighted by molar-refractivity contribution is 0.0952. The molecule has 1 aliphatic rings. The first-order valence-electron chi connectivity index (χ1n) is 8.57. The van der Waals surface area contributed by atoms with E-state index in [0.29, 0.717) is 39.6 Å². The van der Waals surface area contributed by atoms with Gasteiger partial charge in [-0.3, -0.25) is 4.79 Å². The molecule has 0 saturated carbocycles. The normalized spacial score (nSPS) is 13.1. The number of amides is 1. The predicted octanol–water partition coefficient (Wildman–Crippen LogP) is 3.40. The molecule has 1 aliphatic heterocycles. The number of fused-ring (bicyclic) bond motifs is 1. The number of nitrogens with zero attached hydrogens (tertiary/aromatic N) is 4. The van der Waals surface area contributed by atoms with Crippen molar-refractivity contribution in [3.8, 4) is 11.5 Å². The third kappa shape index (κ3) is 3.79. The van der Waals surface area contributed by atoms with Crippen molar-refractivity contribution in [3.63, 3.8) is 0 Å². The molecule has 1 amide bonds. The Bertz CT molecular complexity index is 1010. The van der Waals surface area contributed by atoms with Crippen LogP contribution in [0.15, 0.2) is 53.7 Å². The van der Waals surface area contributed by atoms with Gasteiger partial charge in [0, 0.05) is 16.3 Å². The maximum absolute atomic E-state index is 13.1. The van der Waals surface area contributed by atoms with E-state index in [9.17, 15) is 4.79 Å². The van der Waals surface area contributed by atoms with Gasteiger partial charge in [-0.1, -0.05) is 35.5 Å². The van der Waals surface area contributed by atoms with E-state index < -0.39 is 0 Å². The maximum atomic E-state index is 13.1. The fraction of sp³-hybridized carbons (Fsp3) is 0.211. The second-order valence-electron chi connectivity index (χ2n) is 5.97. The Labute approximate surface area is 171 Å². The van der Waals surface area contributed by atoms with Crippen molar-refractivity contribution in [2.45, 2.75) is 11.8 Å². The molecule has 0 unspecified atom stereocenters. The molecule has 4 rings (SSSR count). The van der Waals surface area contributed by atoms with E-state index >= 15 is 0 Å². The second kappa shape index (κ2) is 8.12. The van der Waals surface area contributed by atoms with Crippen LogP contribution in [-0.4, -0.2) is 40.2 Å². The lowest BCUT2D eigenvalue weighted by Gasteiger charge is -2.29. The summed E-state index contributed by atoms with van der Waals surface area (Å²) in [7, 11) is 1.57. The summed E-state index contributed by atoms with van der Waals surface area (Å²) >= 11 is 7.55. The average molecular weight is 417 g/mol. The van der Waals surface area contributed by atoms with Gasteiger partial charge >= 0.3 is 0 Å². The van der Waals surface area contributed by atoms with E-state index in [2.05, 4.69) is 10.2 Å². The van der Waals surface area contributed by atoms with E-state index in [0.717, 1.165) is 5.75 Å². The number of ether oxygens (including phenoxy) is 2. The van der Waals surface area contributed by atoms with Gasteiger partial charge in [0.05, 0.1) is 13.7 Å². The van der Waals surface area contributed by atoms with Crippen LogP contribution in [0.4, 0.5) is 0 Å². The van der Waals surface area contributed by atoms with E-state index in [1.54, 1.807) is 65.0 Å². The molecule has 2 aromatic carbocycles. The summed E-state index contributed by atoms with van der Waals surface area (Å²) in [5, 5.41) is 11.3. The molecule has 7 nitrogen and oxygen atoms in total. The molecule has 1 aromatic heterocycles. The molecule has 9 heteroatoms. The monoisotopic (exact) mass is 416 g/mol. The highest BCUT2D eigenvalue weighted by molar-refractivity contribution is 7.99. The van der Waals surface area contributed by atoms with Crippen LogP contribution in [0.1, 0.15) is 16.2 Å². The van der Waals surface area contributed by atoms with E-state index in [-0.39, 0.29) is 12.5 Å². The highest BCUT2D eigenvalue weighted by Crippen LogP contribution is 2.25. The van der Waals surface area contributed by atoms with Gasteiger partial charge in [-0.05, 0) is 36.4 Å². The lowest BCUT2D eigenvalue weighted by Crippen LogP contribution is -2.45. The molecular formula is C19H17ClN4O3S. The van der Waals surface area contributed by atoms with Gasteiger partial charge in [0.2, 0.25) is 5.16 Å². The van der Waals surface area contributed by atoms with Gasteiger partial charge in [-0.15, -0.1) is 10.2 Å². The Hall–Kier alpha value is -2.71. The third-order valence-corrected chi connectivity index (χ3v) is 5.30. The van der Waals surface area contributed by atoms with Crippen molar-refractivity contribution < 1.29 is 14.3 Å². The second-order valence-corrected chi connectivity index (χ2v) is 7.46. The first-order chi connectivity index (χ1) is 13.7. The Morgan fingerprint density at radius 1 is 1.18 bits per heavy atom. The molecule has 144 valence electrons. The van der Waals surface area contributed by atoms with Crippen molar-refractivity contribution >= 4 is 29.3 Å². The van der Waals surface area contributed by atoms with E-state index in [1.807, 2.05) is 12.1 Å². The smallest absolute Gasteiger partial charge is 0.272 e. The van der Waals surface area contributed by atoms with Crippen molar-refractivity contribution in [2.24, 2.45) is 0 Å². The van der Waals surface area contributed by atoms with Gasteiger partial charge in [0.15, 0.2) is 5.82 Å².